The lowest BCUT2D eigenvalue weighted by Gasteiger charge is -2.03. The summed E-state index contributed by atoms with van der Waals surface area (Å²) in [5.41, 5.74) is 1.27. The van der Waals surface area contributed by atoms with Crippen LogP contribution in [0.4, 0.5) is 0 Å². The minimum Gasteiger partial charge on any atom is -0.354 e. The molecule has 1 heterocycles. The maximum absolute atomic E-state index is 8.58. The SMILES string of the molecule is CCn1ccc(CNCC(C)C#N)c1. The van der Waals surface area contributed by atoms with Gasteiger partial charge in [-0.1, -0.05) is 0 Å². The van der Waals surface area contributed by atoms with Gasteiger partial charge in [-0.25, -0.2) is 0 Å². The summed E-state index contributed by atoms with van der Waals surface area (Å²) >= 11 is 0. The van der Waals surface area contributed by atoms with E-state index >= 15 is 0 Å². The third-order valence-electron chi connectivity index (χ3n) is 2.18. The van der Waals surface area contributed by atoms with Gasteiger partial charge >= 0.3 is 0 Å². The van der Waals surface area contributed by atoms with Crippen molar-refractivity contribution in [3.63, 3.8) is 0 Å². The summed E-state index contributed by atoms with van der Waals surface area (Å²) in [7, 11) is 0. The van der Waals surface area contributed by atoms with E-state index in [-0.39, 0.29) is 5.92 Å². The molecular formula is C11H17N3. The maximum Gasteiger partial charge on any atom is 0.0666 e. The largest absolute Gasteiger partial charge is 0.354 e. The molecule has 14 heavy (non-hydrogen) atoms. The van der Waals surface area contributed by atoms with Crippen LogP contribution in [0.3, 0.4) is 0 Å². The lowest BCUT2D eigenvalue weighted by molar-refractivity contribution is 0.601. The van der Waals surface area contributed by atoms with Gasteiger partial charge in [-0.05, 0) is 25.5 Å². The number of nitriles is 1. The van der Waals surface area contributed by atoms with Crippen LogP contribution in [0.15, 0.2) is 18.5 Å². The molecule has 76 valence electrons. The van der Waals surface area contributed by atoms with Gasteiger partial charge in [-0.15, -0.1) is 0 Å². The standard InChI is InChI=1S/C11H17N3/c1-3-14-5-4-11(9-14)8-13-7-10(2)6-12/h4-5,9-10,13H,3,7-8H2,1-2H3. The molecule has 0 bridgehead atoms. The molecule has 0 saturated carbocycles. The van der Waals surface area contributed by atoms with Crippen molar-refractivity contribution in [2.24, 2.45) is 5.92 Å². The van der Waals surface area contributed by atoms with E-state index in [1.54, 1.807) is 0 Å². The highest BCUT2D eigenvalue weighted by atomic mass is 14.9. The molecule has 1 aromatic rings. The summed E-state index contributed by atoms with van der Waals surface area (Å²) in [6, 6.07) is 4.30. The predicted molar refractivity (Wildman–Crippen MR) is 56.6 cm³/mol. The first-order valence-corrected chi connectivity index (χ1v) is 5.01. The summed E-state index contributed by atoms with van der Waals surface area (Å²) in [6.07, 6.45) is 4.20. The van der Waals surface area contributed by atoms with Gasteiger partial charge in [0.2, 0.25) is 0 Å². The summed E-state index contributed by atoms with van der Waals surface area (Å²) in [6.45, 7) is 6.65. The fourth-order valence-corrected chi connectivity index (χ4v) is 1.27. The molecule has 0 aliphatic carbocycles. The number of hydrogen-bond acceptors (Lipinski definition) is 2. The van der Waals surface area contributed by atoms with E-state index in [4.69, 9.17) is 5.26 Å². The van der Waals surface area contributed by atoms with Gasteiger partial charge in [0, 0.05) is 32.0 Å². The first-order valence-electron chi connectivity index (χ1n) is 5.01. The second-order valence-electron chi connectivity index (χ2n) is 3.51. The van der Waals surface area contributed by atoms with Gasteiger partial charge in [0.15, 0.2) is 0 Å². The van der Waals surface area contributed by atoms with Gasteiger partial charge in [-0.2, -0.15) is 5.26 Å². The smallest absolute Gasteiger partial charge is 0.0666 e. The maximum atomic E-state index is 8.58. The Morgan fingerprint density at radius 2 is 2.43 bits per heavy atom. The number of aryl methyl sites for hydroxylation is 1. The van der Waals surface area contributed by atoms with Gasteiger partial charge in [0.25, 0.3) is 0 Å². The molecule has 0 spiro atoms. The monoisotopic (exact) mass is 191 g/mol. The Balaban J connectivity index is 2.28. The highest BCUT2D eigenvalue weighted by molar-refractivity contribution is 5.09. The normalized spacial score (nSPS) is 12.4. The summed E-state index contributed by atoms with van der Waals surface area (Å²) < 4.78 is 2.14. The van der Waals surface area contributed by atoms with Crippen molar-refractivity contribution >= 4 is 0 Å². The van der Waals surface area contributed by atoms with Crippen molar-refractivity contribution < 1.29 is 0 Å². The Hall–Kier alpha value is -1.27. The number of rotatable bonds is 5. The van der Waals surface area contributed by atoms with Gasteiger partial charge < -0.3 is 9.88 Å². The van der Waals surface area contributed by atoms with E-state index < -0.39 is 0 Å². The fraction of sp³-hybridized carbons (Fsp3) is 0.545. The Labute approximate surface area is 85.3 Å². The second kappa shape index (κ2) is 5.46. The van der Waals surface area contributed by atoms with E-state index in [2.05, 4.69) is 41.3 Å². The van der Waals surface area contributed by atoms with Crippen LogP contribution in [-0.2, 0) is 13.1 Å². The predicted octanol–water partition coefficient (Wildman–Crippen LogP) is 1.76. The summed E-state index contributed by atoms with van der Waals surface area (Å²) in [4.78, 5) is 0. The van der Waals surface area contributed by atoms with Crippen molar-refractivity contribution in [3.8, 4) is 6.07 Å². The topological polar surface area (TPSA) is 40.8 Å². The van der Waals surface area contributed by atoms with E-state index in [0.29, 0.717) is 0 Å². The average Bonchev–Trinajstić information content (AvgIpc) is 2.65. The van der Waals surface area contributed by atoms with Crippen molar-refractivity contribution in [2.75, 3.05) is 6.54 Å². The van der Waals surface area contributed by atoms with Crippen LogP contribution in [0.5, 0.6) is 0 Å². The zero-order chi connectivity index (χ0) is 10.4. The van der Waals surface area contributed by atoms with Gasteiger partial charge in [-0.3, -0.25) is 0 Å². The second-order valence-corrected chi connectivity index (χ2v) is 3.51. The molecule has 1 N–H and O–H groups in total. The van der Waals surface area contributed by atoms with Crippen LogP contribution in [0.1, 0.15) is 19.4 Å². The van der Waals surface area contributed by atoms with Gasteiger partial charge in [0.1, 0.15) is 0 Å². The van der Waals surface area contributed by atoms with Crippen LogP contribution in [-0.4, -0.2) is 11.1 Å². The molecule has 0 amide bonds. The van der Waals surface area contributed by atoms with Gasteiger partial charge in [0.05, 0.1) is 12.0 Å². The highest BCUT2D eigenvalue weighted by Crippen LogP contribution is 2.00. The lowest BCUT2D eigenvalue weighted by atomic mass is 10.2. The molecule has 0 aromatic carbocycles. The quantitative estimate of drug-likeness (QED) is 0.770. The first-order chi connectivity index (χ1) is 6.76. The van der Waals surface area contributed by atoms with Crippen molar-refractivity contribution in [1.29, 1.82) is 5.26 Å². The molecule has 3 heteroatoms. The Morgan fingerprint density at radius 1 is 1.64 bits per heavy atom. The molecule has 0 radical (unpaired) electrons. The third kappa shape index (κ3) is 3.23. The Bertz CT molecular complexity index is 309. The number of nitrogens with one attached hydrogen (secondary N) is 1. The van der Waals surface area contributed by atoms with E-state index in [1.165, 1.54) is 5.56 Å². The summed E-state index contributed by atoms with van der Waals surface area (Å²) in [5, 5.41) is 11.8. The molecule has 0 fully saturated rings. The summed E-state index contributed by atoms with van der Waals surface area (Å²) in [5.74, 6) is 0.0864. The Kier molecular flexibility index (Phi) is 4.21. The molecule has 0 saturated heterocycles. The molecule has 1 rings (SSSR count). The minimum atomic E-state index is 0.0864. The molecule has 1 aromatic heterocycles. The van der Waals surface area contributed by atoms with E-state index in [1.807, 2.05) is 6.92 Å². The van der Waals surface area contributed by atoms with Crippen molar-refractivity contribution in [2.45, 2.75) is 26.9 Å². The third-order valence-corrected chi connectivity index (χ3v) is 2.18. The van der Waals surface area contributed by atoms with Crippen molar-refractivity contribution in [1.82, 2.24) is 9.88 Å². The molecule has 0 aliphatic rings. The molecule has 1 unspecified atom stereocenters. The van der Waals surface area contributed by atoms with Crippen LogP contribution in [0.2, 0.25) is 0 Å². The molecule has 1 atom stereocenters. The number of nitrogens with zero attached hydrogens (tertiary/aromatic N) is 2. The number of hydrogen-bond donors (Lipinski definition) is 1. The van der Waals surface area contributed by atoms with Crippen LogP contribution < -0.4 is 5.32 Å². The average molecular weight is 191 g/mol. The molecular weight excluding hydrogens is 174 g/mol. The molecule has 3 nitrogen and oxygen atoms in total. The van der Waals surface area contributed by atoms with E-state index in [0.717, 1.165) is 19.6 Å². The number of aromatic nitrogens is 1. The zero-order valence-corrected chi connectivity index (χ0v) is 8.83. The fourth-order valence-electron chi connectivity index (χ4n) is 1.27. The first kappa shape index (κ1) is 10.8. The van der Waals surface area contributed by atoms with E-state index in [9.17, 15) is 0 Å². The van der Waals surface area contributed by atoms with Crippen LogP contribution in [0, 0.1) is 17.2 Å². The zero-order valence-electron chi connectivity index (χ0n) is 8.83. The minimum absolute atomic E-state index is 0.0864. The van der Waals surface area contributed by atoms with Crippen LogP contribution in [0.25, 0.3) is 0 Å². The van der Waals surface area contributed by atoms with Crippen molar-refractivity contribution in [3.05, 3.63) is 24.0 Å². The Morgan fingerprint density at radius 3 is 3.00 bits per heavy atom. The lowest BCUT2D eigenvalue weighted by Crippen LogP contribution is -2.19. The van der Waals surface area contributed by atoms with Crippen LogP contribution >= 0.6 is 0 Å². The highest BCUT2D eigenvalue weighted by Gasteiger charge is 1.99. The molecule has 0 aliphatic heterocycles.